The predicted octanol–water partition coefficient (Wildman–Crippen LogP) is 3.18. The summed E-state index contributed by atoms with van der Waals surface area (Å²) in [5, 5.41) is 3.88. The fourth-order valence-electron chi connectivity index (χ4n) is 3.34. The summed E-state index contributed by atoms with van der Waals surface area (Å²) in [4.78, 5) is 18.6. The van der Waals surface area contributed by atoms with Gasteiger partial charge in [0.2, 0.25) is 0 Å². The quantitative estimate of drug-likeness (QED) is 0.815. The van der Waals surface area contributed by atoms with Gasteiger partial charge in [-0.25, -0.2) is 9.67 Å². The van der Waals surface area contributed by atoms with Crippen LogP contribution in [0.3, 0.4) is 0 Å². The molecule has 0 radical (unpaired) electrons. The number of hydrogen-bond donors (Lipinski definition) is 0. The number of carbonyl (C=O) groups excluding carboxylic acids is 1. The Morgan fingerprint density at radius 2 is 2.00 bits per heavy atom. The van der Waals surface area contributed by atoms with Crippen LogP contribution in [0.5, 0.6) is 5.75 Å². The fourth-order valence-corrected chi connectivity index (χ4v) is 3.34. The maximum absolute atomic E-state index is 12.8. The molecule has 6 nitrogen and oxygen atoms in total. The second kappa shape index (κ2) is 7.58. The molecule has 1 aliphatic heterocycles. The smallest absolute Gasteiger partial charge is 0.408 e. The normalized spacial score (nSPS) is 15.8. The van der Waals surface area contributed by atoms with E-state index >= 15 is 0 Å². The number of ether oxygens (including phenoxy) is 1. The molecule has 1 amide bonds. The van der Waals surface area contributed by atoms with E-state index in [1.54, 1.807) is 36.1 Å². The van der Waals surface area contributed by atoms with Crippen molar-refractivity contribution in [3.8, 4) is 5.75 Å². The zero-order valence-electron chi connectivity index (χ0n) is 15.2. The van der Waals surface area contributed by atoms with Crippen molar-refractivity contribution in [3.63, 3.8) is 0 Å². The van der Waals surface area contributed by atoms with Crippen molar-refractivity contribution in [3.05, 3.63) is 41.5 Å². The first-order valence-electron chi connectivity index (χ1n) is 8.68. The third kappa shape index (κ3) is 4.58. The molecule has 27 heavy (non-hydrogen) atoms. The molecule has 1 saturated heterocycles. The Hall–Kier alpha value is -2.58. The second-order valence-electron chi connectivity index (χ2n) is 6.59. The van der Waals surface area contributed by atoms with Gasteiger partial charge in [-0.05, 0) is 38.0 Å². The van der Waals surface area contributed by atoms with E-state index in [9.17, 15) is 18.0 Å². The number of halogens is 3. The van der Waals surface area contributed by atoms with Gasteiger partial charge in [-0.3, -0.25) is 4.79 Å². The van der Waals surface area contributed by atoms with Gasteiger partial charge in [-0.1, -0.05) is 6.07 Å². The number of likely N-dealkylation sites (tertiary alicyclic amines) is 1. The molecule has 0 unspecified atom stereocenters. The summed E-state index contributed by atoms with van der Waals surface area (Å²) in [6, 6.07) is 6.91. The number of aromatic nitrogens is 3. The minimum absolute atomic E-state index is 0.111. The highest BCUT2D eigenvalue weighted by atomic mass is 19.4. The van der Waals surface area contributed by atoms with Crippen LogP contribution in [0.2, 0.25) is 0 Å². The van der Waals surface area contributed by atoms with Gasteiger partial charge in [0.1, 0.15) is 23.9 Å². The standard InChI is InChI=1S/C18H21F3N4O2/c1-12-22-16(25(23-12)11-18(19,20)21)13-6-8-24(9-7-13)17(26)14-4-3-5-15(10-14)27-2/h3-5,10,13H,6-9,11H2,1-2H3. The van der Waals surface area contributed by atoms with Gasteiger partial charge >= 0.3 is 6.18 Å². The van der Waals surface area contributed by atoms with Crippen molar-refractivity contribution in [1.82, 2.24) is 19.7 Å². The summed E-state index contributed by atoms with van der Waals surface area (Å²) in [5.41, 5.74) is 0.531. The van der Waals surface area contributed by atoms with Gasteiger partial charge in [0.05, 0.1) is 7.11 Å². The molecule has 1 aliphatic rings. The van der Waals surface area contributed by atoms with Crippen LogP contribution in [-0.4, -0.2) is 51.9 Å². The molecule has 1 aromatic heterocycles. The van der Waals surface area contributed by atoms with Gasteiger partial charge in [0.25, 0.3) is 5.91 Å². The highest BCUT2D eigenvalue weighted by Crippen LogP contribution is 2.29. The molecule has 0 atom stereocenters. The topological polar surface area (TPSA) is 60.2 Å². The molecule has 0 N–H and O–H groups in total. The van der Waals surface area contributed by atoms with Crippen LogP contribution < -0.4 is 4.74 Å². The molecule has 2 aromatic rings. The molecule has 0 bridgehead atoms. The number of aryl methyl sites for hydroxylation is 1. The SMILES string of the molecule is COc1cccc(C(=O)N2CCC(c3nc(C)nn3CC(F)(F)F)CC2)c1. The van der Waals surface area contributed by atoms with E-state index in [0.29, 0.717) is 48.9 Å². The average Bonchev–Trinajstić information content (AvgIpc) is 2.99. The lowest BCUT2D eigenvalue weighted by Crippen LogP contribution is -2.38. The number of alkyl halides is 3. The van der Waals surface area contributed by atoms with E-state index in [2.05, 4.69) is 10.1 Å². The molecule has 0 aliphatic carbocycles. The zero-order valence-corrected chi connectivity index (χ0v) is 15.2. The number of methoxy groups -OCH3 is 1. The number of benzene rings is 1. The van der Waals surface area contributed by atoms with Crippen molar-refractivity contribution in [2.75, 3.05) is 20.2 Å². The van der Waals surface area contributed by atoms with Crippen molar-refractivity contribution in [1.29, 1.82) is 0 Å². The molecule has 9 heteroatoms. The molecule has 1 aromatic carbocycles. The molecule has 2 heterocycles. The summed E-state index contributed by atoms with van der Waals surface area (Å²) < 4.78 is 44.4. The summed E-state index contributed by atoms with van der Waals surface area (Å²) in [6.45, 7) is 1.35. The molecule has 146 valence electrons. The van der Waals surface area contributed by atoms with E-state index in [4.69, 9.17) is 4.74 Å². The number of carbonyl (C=O) groups is 1. The first kappa shape index (κ1) is 19.2. The second-order valence-corrected chi connectivity index (χ2v) is 6.59. The lowest BCUT2D eigenvalue weighted by atomic mass is 9.95. The van der Waals surface area contributed by atoms with Gasteiger partial charge < -0.3 is 9.64 Å². The minimum atomic E-state index is -4.35. The van der Waals surface area contributed by atoms with E-state index in [0.717, 1.165) is 4.68 Å². The van der Waals surface area contributed by atoms with E-state index in [1.165, 1.54) is 7.11 Å². The summed E-state index contributed by atoms with van der Waals surface area (Å²) >= 11 is 0. The number of amides is 1. The summed E-state index contributed by atoms with van der Waals surface area (Å²) in [6.07, 6.45) is -3.25. The van der Waals surface area contributed by atoms with Gasteiger partial charge in [-0.2, -0.15) is 18.3 Å². The van der Waals surface area contributed by atoms with Crippen molar-refractivity contribution in [2.45, 2.75) is 38.4 Å². The van der Waals surface area contributed by atoms with Gasteiger partial charge in [-0.15, -0.1) is 0 Å². The van der Waals surface area contributed by atoms with Crippen LogP contribution in [-0.2, 0) is 6.54 Å². The number of piperidine rings is 1. The lowest BCUT2D eigenvalue weighted by molar-refractivity contribution is -0.143. The number of nitrogens with zero attached hydrogens (tertiary/aromatic N) is 4. The van der Waals surface area contributed by atoms with Crippen LogP contribution in [0.4, 0.5) is 13.2 Å². The maximum Gasteiger partial charge on any atom is 0.408 e. The summed E-state index contributed by atoms with van der Waals surface area (Å²) in [7, 11) is 1.54. The van der Waals surface area contributed by atoms with Crippen molar-refractivity contribution in [2.24, 2.45) is 0 Å². The molecule has 0 saturated carbocycles. The van der Waals surface area contributed by atoms with Crippen molar-refractivity contribution >= 4 is 5.91 Å². The number of rotatable bonds is 4. The zero-order chi connectivity index (χ0) is 19.6. The Labute approximate surface area is 154 Å². The monoisotopic (exact) mass is 382 g/mol. The fraction of sp³-hybridized carbons (Fsp3) is 0.500. The van der Waals surface area contributed by atoms with Gasteiger partial charge in [0.15, 0.2) is 0 Å². The Morgan fingerprint density at radius 3 is 2.63 bits per heavy atom. The van der Waals surface area contributed by atoms with Crippen LogP contribution in [0, 0.1) is 6.92 Å². The van der Waals surface area contributed by atoms with Crippen LogP contribution in [0.25, 0.3) is 0 Å². The van der Waals surface area contributed by atoms with E-state index in [-0.39, 0.29) is 11.8 Å². The van der Waals surface area contributed by atoms with Gasteiger partial charge in [0, 0.05) is 24.6 Å². The summed E-state index contributed by atoms with van der Waals surface area (Å²) in [5.74, 6) is 1.01. The third-order valence-electron chi connectivity index (χ3n) is 4.60. The molecule has 0 spiro atoms. The van der Waals surface area contributed by atoms with Crippen LogP contribution >= 0.6 is 0 Å². The predicted molar refractivity (Wildman–Crippen MR) is 91.7 cm³/mol. The largest absolute Gasteiger partial charge is 0.497 e. The maximum atomic E-state index is 12.8. The van der Waals surface area contributed by atoms with Crippen LogP contribution in [0.1, 0.15) is 40.8 Å². The highest BCUT2D eigenvalue weighted by molar-refractivity contribution is 5.94. The Kier molecular flexibility index (Phi) is 5.38. The Bertz CT molecular complexity index is 811. The first-order chi connectivity index (χ1) is 12.8. The molecular weight excluding hydrogens is 361 g/mol. The number of hydrogen-bond acceptors (Lipinski definition) is 4. The average molecular weight is 382 g/mol. The highest BCUT2D eigenvalue weighted by Gasteiger charge is 2.33. The Morgan fingerprint density at radius 1 is 1.30 bits per heavy atom. The third-order valence-corrected chi connectivity index (χ3v) is 4.60. The van der Waals surface area contributed by atoms with Crippen molar-refractivity contribution < 1.29 is 22.7 Å². The van der Waals surface area contributed by atoms with E-state index in [1.807, 2.05) is 0 Å². The van der Waals surface area contributed by atoms with E-state index < -0.39 is 12.7 Å². The lowest BCUT2D eigenvalue weighted by Gasteiger charge is -2.31. The Balaban J connectivity index is 1.68. The molecule has 3 rings (SSSR count). The molecule has 1 fully saturated rings. The molecular formula is C18H21F3N4O2. The first-order valence-corrected chi connectivity index (χ1v) is 8.68. The minimum Gasteiger partial charge on any atom is -0.497 e. The van der Waals surface area contributed by atoms with Crippen LogP contribution in [0.15, 0.2) is 24.3 Å².